The second kappa shape index (κ2) is 7.05. The number of hydrogen-bond donors (Lipinski definition) is 1. The van der Waals surface area contributed by atoms with E-state index in [1.165, 1.54) is 11.4 Å². The molecule has 0 radical (unpaired) electrons. The maximum Gasteiger partial charge on any atom is 0.231 e. The molecule has 1 fully saturated rings. The van der Waals surface area contributed by atoms with Crippen LogP contribution in [-0.4, -0.2) is 27.6 Å². The summed E-state index contributed by atoms with van der Waals surface area (Å²) in [5.74, 6) is -0.159. The van der Waals surface area contributed by atoms with Crippen molar-refractivity contribution >= 4 is 27.3 Å². The van der Waals surface area contributed by atoms with E-state index < -0.39 is 10.0 Å². The molecule has 0 spiro atoms. The Morgan fingerprint density at radius 3 is 2.22 bits per heavy atom. The minimum Gasteiger partial charge on any atom is -0.326 e. The van der Waals surface area contributed by atoms with Gasteiger partial charge in [0.05, 0.1) is 29.8 Å². The highest BCUT2D eigenvalue weighted by molar-refractivity contribution is 7.92. The number of nitrogens with zero attached hydrogens (tertiary/aromatic N) is 2. The van der Waals surface area contributed by atoms with E-state index >= 15 is 0 Å². The number of anilines is 2. The first-order chi connectivity index (χ1) is 12.7. The predicted octanol–water partition coefficient (Wildman–Crippen LogP) is 2.82. The summed E-state index contributed by atoms with van der Waals surface area (Å²) in [6.07, 6.45) is 3.10. The number of rotatable bonds is 6. The number of sulfonamides is 1. The van der Waals surface area contributed by atoms with Crippen LogP contribution in [0.1, 0.15) is 24.0 Å². The van der Waals surface area contributed by atoms with Gasteiger partial charge in [-0.25, -0.2) is 8.42 Å². The molecule has 3 rings (SSSR count). The topological polar surface area (TPSA) is 90.3 Å². The Morgan fingerprint density at radius 1 is 1.15 bits per heavy atom. The zero-order valence-corrected chi connectivity index (χ0v) is 16.1. The Kier molecular flexibility index (Phi) is 4.94. The van der Waals surface area contributed by atoms with Gasteiger partial charge in [0, 0.05) is 12.7 Å². The fraction of sp³-hybridized carbons (Fsp3) is 0.300. The number of carbonyl (C=O) groups excluding carboxylic acids is 1. The van der Waals surface area contributed by atoms with Crippen molar-refractivity contribution in [3.8, 4) is 6.07 Å². The zero-order valence-electron chi connectivity index (χ0n) is 15.3. The smallest absolute Gasteiger partial charge is 0.231 e. The molecule has 0 unspecified atom stereocenters. The van der Waals surface area contributed by atoms with Gasteiger partial charge in [-0.2, -0.15) is 5.26 Å². The third-order valence-electron chi connectivity index (χ3n) is 4.85. The lowest BCUT2D eigenvalue weighted by Crippen LogP contribution is -2.24. The van der Waals surface area contributed by atoms with E-state index in [-0.39, 0.29) is 17.7 Å². The monoisotopic (exact) mass is 383 g/mol. The summed E-state index contributed by atoms with van der Waals surface area (Å²) in [6, 6.07) is 16.6. The van der Waals surface area contributed by atoms with Crippen LogP contribution >= 0.6 is 0 Å². The van der Waals surface area contributed by atoms with Crippen molar-refractivity contribution in [2.24, 2.45) is 0 Å². The third kappa shape index (κ3) is 4.29. The molecule has 6 nitrogen and oxygen atoms in total. The molecular formula is C20H21N3O3S. The van der Waals surface area contributed by atoms with E-state index in [1.807, 2.05) is 24.3 Å². The number of amides is 1. The highest BCUT2D eigenvalue weighted by Crippen LogP contribution is 2.47. The van der Waals surface area contributed by atoms with Gasteiger partial charge in [-0.1, -0.05) is 24.3 Å². The molecule has 0 saturated heterocycles. The predicted molar refractivity (Wildman–Crippen MR) is 105 cm³/mol. The first kappa shape index (κ1) is 18.9. The van der Waals surface area contributed by atoms with Crippen LogP contribution in [0.25, 0.3) is 0 Å². The van der Waals surface area contributed by atoms with Crippen LogP contribution in [-0.2, 0) is 26.7 Å². The Hall–Kier alpha value is -2.85. The van der Waals surface area contributed by atoms with Crippen molar-refractivity contribution in [3.05, 3.63) is 59.7 Å². The molecule has 2 aromatic carbocycles. The molecule has 0 aromatic heterocycles. The van der Waals surface area contributed by atoms with Crippen molar-refractivity contribution in [1.82, 2.24) is 0 Å². The lowest BCUT2D eigenvalue weighted by atomic mass is 9.98. The number of carbonyl (C=O) groups is 1. The fourth-order valence-electron chi connectivity index (χ4n) is 2.87. The molecule has 27 heavy (non-hydrogen) atoms. The maximum atomic E-state index is 12.2. The van der Waals surface area contributed by atoms with Gasteiger partial charge < -0.3 is 5.32 Å². The van der Waals surface area contributed by atoms with Crippen molar-refractivity contribution < 1.29 is 13.2 Å². The average molecular weight is 383 g/mol. The molecule has 0 aliphatic heterocycles. The van der Waals surface area contributed by atoms with Crippen molar-refractivity contribution in [3.63, 3.8) is 0 Å². The Labute approximate surface area is 159 Å². The van der Waals surface area contributed by atoms with Gasteiger partial charge in [-0.15, -0.1) is 0 Å². The molecule has 0 heterocycles. The Bertz CT molecular complexity index is 986. The van der Waals surface area contributed by atoms with Crippen LogP contribution in [0.15, 0.2) is 48.5 Å². The lowest BCUT2D eigenvalue weighted by molar-refractivity contribution is -0.115. The van der Waals surface area contributed by atoms with Crippen LogP contribution in [0.3, 0.4) is 0 Å². The van der Waals surface area contributed by atoms with Crippen molar-refractivity contribution in [2.45, 2.75) is 24.7 Å². The summed E-state index contributed by atoms with van der Waals surface area (Å²) in [5.41, 5.74) is 2.68. The molecule has 7 heteroatoms. The molecule has 1 aliphatic carbocycles. The normalized spacial score (nSPS) is 14.9. The largest absolute Gasteiger partial charge is 0.326 e. The van der Waals surface area contributed by atoms with Crippen molar-refractivity contribution in [2.75, 3.05) is 22.9 Å². The van der Waals surface area contributed by atoms with E-state index in [4.69, 9.17) is 0 Å². The summed E-state index contributed by atoms with van der Waals surface area (Å²) in [4.78, 5) is 12.2. The molecular weight excluding hydrogens is 362 g/mol. The molecule has 1 amide bonds. The first-order valence-electron chi connectivity index (χ1n) is 8.58. The van der Waals surface area contributed by atoms with Gasteiger partial charge in [0.25, 0.3) is 0 Å². The van der Waals surface area contributed by atoms with Crippen LogP contribution < -0.4 is 9.62 Å². The standard InChI is InChI=1S/C20H21N3O3S/c1-23(27(2,25)26)18-9-3-15(4-10-18)13-19(24)22-17-7-5-16(6-8-17)20(14-21)11-12-20/h3-10H,11-13H2,1-2H3,(H,22,24). The summed E-state index contributed by atoms with van der Waals surface area (Å²) < 4.78 is 24.3. The number of benzene rings is 2. The van der Waals surface area contributed by atoms with E-state index in [9.17, 15) is 18.5 Å². The van der Waals surface area contributed by atoms with E-state index in [0.717, 1.165) is 30.2 Å². The molecule has 140 valence electrons. The number of nitriles is 1. The van der Waals surface area contributed by atoms with E-state index in [1.54, 1.807) is 24.3 Å². The van der Waals surface area contributed by atoms with E-state index in [0.29, 0.717) is 11.4 Å². The minimum atomic E-state index is -3.31. The summed E-state index contributed by atoms with van der Waals surface area (Å²) in [7, 11) is -1.83. The molecule has 1 N–H and O–H groups in total. The maximum absolute atomic E-state index is 12.2. The summed E-state index contributed by atoms with van der Waals surface area (Å²) in [5, 5.41) is 12.1. The summed E-state index contributed by atoms with van der Waals surface area (Å²) in [6.45, 7) is 0. The second-order valence-electron chi connectivity index (χ2n) is 6.89. The number of nitrogens with one attached hydrogen (secondary N) is 1. The molecule has 0 atom stereocenters. The second-order valence-corrected chi connectivity index (χ2v) is 8.91. The Morgan fingerprint density at radius 2 is 1.74 bits per heavy atom. The van der Waals surface area contributed by atoms with Gasteiger partial charge in [0.1, 0.15) is 0 Å². The minimum absolute atomic E-state index is 0.159. The molecule has 0 bridgehead atoms. The quantitative estimate of drug-likeness (QED) is 0.830. The third-order valence-corrected chi connectivity index (χ3v) is 6.05. The van der Waals surface area contributed by atoms with Gasteiger partial charge >= 0.3 is 0 Å². The summed E-state index contributed by atoms with van der Waals surface area (Å²) >= 11 is 0. The van der Waals surface area contributed by atoms with Gasteiger partial charge in [-0.3, -0.25) is 9.10 Å². The molecule has 1 saturated carbocycles. The lowest BCUT2D eigenvalue weighted by Gasteiger charge is -2.16. The van der Waals surface area contributed by atoms with Crippen LogP contribution in [0.4, 0.5) is 11.4 Å². The van der Waals surface area contributed by atoms with Crippen LogP contribution in [0.5, 0.6) is 0 Å². The van der Waals surface area contributed by atoms with Crippen molar-refractivity contribution in [1.29, 1.82) is 5.26 Å². The SMILES string of the molecule is CN(c1ccc(CC(=O)Nc2ccc(C3(C#N)CC3)cc2)cc1)S(C)(=O)=O. The van der Waals surface area contributed by atoms with Gasteiger partial charge in [-0.05, 0) is 48.2 Å². The molecule has 1 aliphatic rings. The molecule has 2 aromatic rings. The number of hydrogen-bond acceptors (Lipinski definition) is 4. The average Bonchev–Trinajstić information content (AvgIpc) is 3.43. The van der Waals surface area contributed by atoms with Gasteiger partial charge in [0.15, 0.2) is 0 Å². The van der Waals surface area contributed by atoms with Crippen LogP contribution in [0, 0.1) is 11.3 Å². The zero-order chi connectivity index (χ0) is 19.7. The van der Waals surface area contributed by atoms with Gasteiger partial charge in [0.2, 0.25) is 15.9 Å². The highest BCUT2D eigenvalue weighted by atomic mass is 32.2. The van der Waals surface area contributed by atoms with E-state index in [2.05, 4.69) is 11.4 Å². The highest BCUT2D eigenvalue weighted by Gasteiger charge is 2.44. The first-order valence-corrected chi connectivity index (χ1v) is 10.4. The van der Waals surface area contributed by atoms with Crippen LogP contribution in [0.2, 0.25) is 0 Å². The fourth-order valence-corrected chi connectivity index (χ4v) is 3.37. The Balaban J connectivity index is 1.60.